The van der Waals surface area contributed by atoms with Crippen molar-refractivity contribution in [1.82, 2.24) is 0 Å². The van der Waals surface area contributed by atoms with Crippen molar-refractivity contribution in [2.24, 2.45) is 5.92 Å². The summed E-state index contributed by atoms with van der Waals surface area (Å²) >= 11 is 0. The van der Waals surface area contributed by atoms with Crippen molar-refractivity contribution in [1.29, 1.82) is 0 Å². The van der Waals surface area contributed by atoms with Crippen LogP contribution >= 0.6 is 0 Å². The number of esters is 1. The van der Waals surface area contributed by atoms with Gasteiger partial charge in [0.15, 0.2) is 0 Å². The zero-order valence-corrected chi connectivity index (χ0v) is 6.76. The van der Waals surface area contributed by atoms with E-state index in [0.29, 0.717) is 6.61 Å². The molecule has 0 saturated carbocycles. The van der Waals surface area contributed by atoms with Gasteiger partial charge in [-0.15, -0.1) is 0 Å². The molecule has 2 heteroatoms. The molecule has 0 aromatic carbocycles. The van der Waals surface area contributed by atoms with Gasteiger partial charge in [-0.05, 0) is 20.8 Å². The van der Waals surface area contributed by atoms with Crippen LogP contribution < -0.4 is 0 Å². The fourth-order valence-electron chi connectivity index (χ4n) is 0.641. The first-order chi connectivity index (χ1) is 4.72. The molecule has 0 radical (unpaired) electrons. The molecule has 0 aliphatic rings. The van der Waals surface area contributed by atoms with E-state index >= 15 is 0 Å². The van der Waals surface area contributed by atoms with Crippen LogP contribution in [0.5, 0.6) is 0 Å². The second kappa shape index (κ2) is 5.03. The van der Waals surface area contributed by atoms with Crippen LogP contribution in [0.4, 0.5) is 0 Å². The Morgan fingerprint density at radius 3 is 2.70 bits per heavy atom. The number of carbonyl (C=O) groups excluding carboxylic acids is 1. The fourth-order valence-corrected chi connectivity index (χ4v) is 0.641. The molecule has 0 saturated heterocycles. The van der Waals surface area contributed by atoms with Crippen molar-refractivity contribution in [2.75, 3.05) is 6.61 Å². The molecular formula is C8H14O2. The lowest BCUT2D eigenvalue weighted by molar-refractivity contribution is -0.145. The minimum Gasteiger partial charge on any atom is -0.466 e. The van der Waals surface area contributed by atoms with Gasteiger partial charge in [-0.3, -0.25) is 4.79 Å². The van der Waals surface area contributed by atoms with E-state index in [1.165, 1.54) is 0 Å². The van der Waals surface area contributed by atoms with Crippen LogP contribution in [0.2, 0.25) is 0 Å². The summed E-state index contributed by atoms with van der Waals surface area (Å²) in [5, 5.41) is 0. The standard InChI is InChI=1S/C8H14O2/c1-4-6-7(3)8(9)10-5-2/h4,6-7H,5H2,1-3H3. The highest BCUT2D eigenvalue weighted by atomic mass is 16.5. The molecule has 0 aromatic heterocycles. The maximum absolute atomic E-state index is 10.9. The first-order valence-electron chi connectivity index (χ1n) is 3.51. The largest absolute Gasteiger partial charge is 0.466 e. The molecular weight excluding hydrogens is 128 g/mol. The van der Waals surface area contributed by atoms with Crippen LogP contribution in [0.15, 0.2) is 12.2 Å². The Morgan fingerprint density at radius 2 is 2.30 bits per heavy atom. The van der Waals surface area contributed by atoms with Gasteiger partial charge in [0.05, 0.1) is 12.5 Å². The third kappa shape index (κ3) is 3.28. The smallest absolute Gasteiger partial charge is 0.312 e. The van der Waals surface area contributed by atoms with Gasteiger partial charge in [0.25, 0.3) is 0 Å². The molecule has 10 heavy (non-hydrogen) atoms. The van der Waals surface area contributed by atoms with Crippen molar-refractivity contribution in [3.63, 3.8) is 0 Å². The molecule has 0 aliphatic heterocycles. The molecule has 0 rings (SSSR count). The van der Waals surface area contributed by atoms with Gasteiger partial charge in [-0.1, -0.05) is 12.2 Å². The van der Waals surface area contributed by atoms with E-state index in [9.17, 15) is 4.79 Å². The highest BCUT2D eigenvalue weighted by molar-refractivity contribution is 5.73. The van der Waals surface area contributed by atoms with Crippen LogP contribution in [0, 0.1) is 5.92 Å². The predicted molar refractivity (Wildman–Crippen MR) is 40.6 cm³/mol. The zero-order chi connectivity index (χ0) is 7.98. The van der Waals surface area contributed by atoms with Gasteiger partial charge < -0.3 is 4.74 Å². The summed E-state index contributed by atoms with van der Waals surface area (Å²) in [6, 6.07) is 0. The summed E-state index contributed by atoms with van der Waals surface area (Å²) in [5.41, 5.74) is 0. The Morgan fingerprint density at radius 1 is 1.70 bits per heavy atom. The van der Waals surface area contributed by atoms with Crippen LogP contribution in [-0.4, -0.2) is 12.6 Å². The molecule has 1 atom stereocenters. The summed E-state index contributed by atoms with van der Waals surface area (Å²) in [6.07, 6.45) is 3.67. The third-order valence-corrected chi connectivity index (χ3v) is 1.14. The molecule has 0 amide bonds. The quantitative estimate of drug-likeness (QED) is 0.443. The Balaban J connectivity index is 3.70. The lowest BCUT2D eigenvalue weighted by Gasteiger charge is -2.03. The average molecular weight is 142 g/mol. The van der Waals surface area contributed by atoms with E-state index in [-0.39, 0.29) is 11.9 Å². The van der Waals surface area contributed by atoms with Gasteiger partial charge in [-0.2, -0.15) is 0 Å². The molecule has 0 heterocycles. The number of allylic oxidation sites excluding steroid dienone is 1. The molecule has 0 fully saturated rings. The summed E-state index contributed by atoms with van der Waals surface area (Å²) in [5.74, 6) is -0.259. The van der Waals surface area contributed by atoms with Crippen LogP contribution in [0.25, 0.3) is 0 Å². The van der Waals surface area contributed by atoms with Crippen LogP contribution in [0.1, 0.15) is 20.8 Å². The monoisotopic (exact) mass is 142 g/mol. The molecule has 2 nitrogen and oxygen atoms in total. The number of rotatable bonds is 3. The molecule has 0 spiro atoms. The highest BCUT2D eigenvalue weighted by Crippen LogP contribution is 1.99. The normalized spacial score (nSPS) is 13.5. The second-order valence-electron chi connectivity index (χ2n) is 2.07. The number of carbonyl (C=O) groups is 1. The average Bonchev–Trinajstić information content (AvgIpc) is 1.89. The van der Waals surface area contributed by atoms with Crippen molar-refractivity contribution in [2.45, 2.75) is 20.8 Å². The zero-order valence-electron chi connectivity index (χ0n) is 6.76. The van der Waals surface area contributed by atoms with Crippen molar-refractivity contribution in [3.8, 4) is 0 Å². The maximum atomic E-state index is 10.9. The number of hydrogen-bond donors (Lipinski definition) is 0. The van der Waals surface area contributed by atoms with E-state index in [1.54, 1.807) is 6.92 Å². The number of hydrogen-bond acceptors (Lipinski definition) is 2. The molecule has 0 bridgehead atoms. The topological polar surface area (TPSA) is 26.3 Å². The molecule has 0 aliphatic carbocycles. The summed E-state index contributed by atoms with van der Waals surface area (Å²) in [7, 11) is 0. The lowest BCUT2D eigenvalue weighted by atomic mass is 10.2. The number of ether oxygens (including phenoxy) is 1. The molecule has 0 aromatic rings. The Hall–Kier alpha value is -0.790. The minimum atomic E-state index is -0.152. The van der Waals surface area contributed by atoms with Crippen molar-refractivity contribution >= 4 is 5.97 Å². The van der Waals surface area contributed by atoms with Gasteiger partial charge in [-0.25, -0.2) is 0 Å². The first kappa shape index (κ1) is 9.21. The molecule has 0 N–H and O–H groups in total. The third-order valence-electron chi connectivity index (χ3n) is 1.14. The second-order valence-corrected chi connectivity index (χ2v) is 2.07. The summed E-state index contributed by atoms with van der Waals surface area (Å²) in [6.45, 7) is 5.97. The summed E-state index contributed by atoms with van der Waals surface area (Å²) < 4.78 is 4.77. The van der Waals surface area contributed by atoms with Crippen molar-refractivity contribution in [3.05, 3.63) is 12.2 Å². The van der Waals surface area contributed by atoms with E-state index < -0.39 is 0 Å². The summed E-state index contributed by atoms with van der Waals surface area (Å²) in [4.78, 5) is 10.9. The van der Waals surface area contributed by atoms with Crippen LogP contribution in [0.3, 0.4) is 0 Å². The van der Waals surface area contributed by atoms with E-state index in [4.69, 9.17) is 4.74 Å². The minimum absolute atomic E-state index is 0.107. The van der Waals surface area contributed by atoms with E-state index in [2.05, 4.69) is 0 Å². The van der Waals surface area contributed by atoms with Crippen LogP contribution in [-0.2, 0) is 9.53 Å². The lowest BCUT2D eigenvalue weighted by Crippen LogP contribution is -2.12. The molecule has 1 unspecified atom stereocenters. The Bertz CT molecular complexity index is 127. The Labute approximate surface area is 61.9 Å². The maximum Gasteiger partial charge on any atom is 0.312 e. The van der Waals surface area contributed by atoms with Gasteiger partial charge >= 0.3 is 5.97 Å². The predicted octanol–water partition coefficient (Wildman–Crippen LogP) is 1.76. The highest BCUT2D eigenvalue weighted by Gasteiger charge is 2.08. The fraction of sp³-hybridized carbons (Fsp3) is 0.625. The van der Waals surface area contributed by atoms with E-state index in [1.807, 2.05) is 26.0 Å². The van der Waals surface area contributed by atoms with Gasteiger partial charge in [0.2, 0.25) is 0 Å². The Kier molecular flexibility index (Phi) is 4.63. The van der Waals surface area contributed by atoms with Crippen molar-refractivity contribution < 1.29 is 9.53 Å². The van der Waals surface area contributed by atoms with E-state index in [0.717, 1.165) is 0 Å². The molecule has 58 valence electrons. The van der Waals surface area contributed by atoms with Gasteiger partial charge in [0.1, 0.15) is 0 Å². The SMILES string of the molecule is CC=CC(C)C(=O)OCC. The van der Waals surface area contributed by atoms with Gasteiger partial charge in [0, 0.05) is 0 Å². The first-order valence-corrected chi connectivity index (χ1v) is 3.51.